The molecule has 0 saturated heterocycles. The van der Waals surface area contributed by atoms with Gasteiger partial charge in [-0.2, -0.15) is 0 Å². The summed E-state index contributed by atoms with van der Waals surface area (Å²) >= 11 is 0. The van der Waals surface area contributed by atoms with Gasteiger partial charge in [0, 0.05) is 6.07 Å². The van der Waals surface area contributed by atoms with Crippen molar-refractivity contribution in [1.29, 1.82) is 0 Å². The first-order valence-electron chi connectivity index (χ1n) is 7.54. The van der Waals surface area contributed by atoms with Gasteiger partial charge >= 0.3 is 15.0 Å². The van der Waals surface area contributed by atoms with E-state index in [4.69, 9.17) is 14.5 Å². The van der Waals surface area contributed by atoms with Crippen LogP contribution in [0.5, 0.6) is 17.2 Å². The molecular formula is C16H13F3NO6P. The van der Waals surface area contributed by atoms with Crippen LogP contribution in [0.4, 0.5) is 18.9 Å². The predicted molar refractivity (Wildman–Crippen MR) is 88.6 cm³/mol. The van der Waals surface area contributed by atoms with E-state index >= 15 is 0 Å². The van der Waals surface area contributed by atoms with Gasteiger partial charge in [0.05, 0.1) is 17.9 Å². The van der Waals surface area contributed by atoms with Crippen molar-refractivity contribution in [3.8, 4) is 17.2 Å². The van der Waals surface area contributed by atoms with Crippen LogP contribution in [0.1, 0.15) is 15.9 Å². The molecule has 0 bridgehead atoms. The van der Waals surface area contributed by atoms with E-state index in [0.29, 0.717) is 12.0 Å². The molecule has 0 spiro atoms. The van der Waals surface area contributed by atoms with Crippen LogP contribution in [0.2, 0.25) is 0 Å². The molecule has 7 nitrogen and oxygen atoms in total. The number of fused-ring (bicyclic) bond motifs is 2. The van der Waals surface area contributed by atoms with Crippen LogP contribution >= 0.6 is 8.60 Å². The van der Waals surface area contributed by atoms with Crippen molar-refractivity contribution in [3.05, 3.63) is 47.5 Å². The van der Waals surface area contributed by atoms with Crippen molar-refractivity contribution >= 4 is 20.2 Å². The number of rotatable bonds is 5. The average Bonchev–Trinajstić information content (AvgIpc) is 2.69. The topological polar surface area (TPSA) is 97.3 Å². The number of alkyl halides is 3. The van der Waals surface area contributed by atoms with Crippen LogP contribution in [0.3, 0.4) is 0 Å². The van der Waals surface area contributed by atoms with Crippen molar-refractivity contribution in [2.75, 3.05) is 11.9 Å². The van der Waals surface area contributed by atoms with Gasteiger partial charge in [0.1, 0.15) is 11.5 Å². The van der Waals surface area contributed by atoms with E-state index in [9.17, 15) is 18.0 Å². The minimum absolute atomic E-state index is 0.0361. The number of hydrogen-bond donors (Lipinski definition) is 3. The van der Waals surface area contributed by atoms with Gasteiger partial charge < -0.3 is 29.1 Å². The Morgan fingerprint density at radius 2 is 1.85 bits per heavy atom. The van der Waals surface area contributed by atoms with Gasteiger partial charge in [-0.1, -0.05) is 6.07 Å². The van der Waals surface area contributed by atoms with Crippen LogP contribution in [0.15, 0.2) is 36.4 Å². The van der Waals surface area contributed by atoms with Crippen molar-refractivity contribution in [3.63, 3.8) is 0 Å². The smallest absolute Gasteiger partial charge is 0.454 e. The van der Waals surface area contributed by atoms with Crippen LogP contribution in [-0.4, -0.2) is 28.7 Å². The molecule has 27 heavy (non-hydrogen) atoms. The van der Waals surface area contributed by atoms with Gasteiger partial charge in [0.25, 0.3) is 5.91 Å². The average molecular weight is 403 g/mol. The lowest BCUT2D eigenvalue weighted by Crippen LogP contribution is -2.17. The highest BCUT2D eigenvalue weighted by atomic mass is 31.2. The van der Waals surface area contributed by atoms with Gasteiger partial charge in [-0.3, -0.25) is 4.79 Å². The molecule has 0 aromatic heterocycles. The number of carbonyl (C=O) groups excluding carboxylic acids is 1. The van der Waals surface area contributed by atoms with Gasteiger partial charge in [0.15, 0.2) is 5.75 Å². The summed E-state index contributed by atoms with van der Waals surface area (Å²) in [5.41, 5.74) is 0.891. The molecule has 1 amide bonds. The number of benzene rings is 2. The van der Waals surface area contributed by atoms with Crippen LogP contribution in [0.25, 0.3) is 0 Å². The molecule has 0 radical (unpaired) electrons. The third-order valence-corrected chi connectivity index (χ3v) is 3.95. The minimum Gasteiger partial charge on any atom is -0.454 e. The van der Waals surface area contributed by atoms with Gasteiger partial charge in [-0.15, -0.1) is 13.2 Å². The molecule has 3 N–H and O–H groups in total. The van der Waals surface area contributed by atoms with Gasteiger partial charge in [0.2, 0.25) is 0 Å². The molecule has 1 aliphatic rings. The Morgan fingerprint density at radius 3 is 2.56 bits per heavy atom. The first-order chi connectivity index (χ1) is 12.7. The third-order valence-electron chi connectivity index (χ3n) is 3.54. The summed E-state index contributed by atoms with van der Waals surface area (Å²) in [5, 5.41) is 2.49. The first-order valence-corrected chi connectivity index (χ1v) is 8.70. The molecule has 0 saturated carbocycles. The molecule has 0 atom stereocenters. The minimum atomic E-state index is -4.85. The maximum atomic E-state index is 12.4. The van der Waals surface area contributed by atoms with E-state index in [-0.39, 0.29) is 29.4 Å². The Bertz CT molecular complexity index is 859. The monoisotopic (exact) mass is 403 g/mol. The fourth-order valence-corrected chi connectivity index (χ4v) is 2.70. The van der Waals surface area contributed by atoms with E-state index in [0.717, 1.165) is 12.1 Å². The lowest BCUT2D eigenvalue weighted by molar-refractivity contribution is -0.274. The number of amides is 1. The Kier molecular flexibility index (Phi) is 5.52. The molecule has 11 heteroatoms. The third kappa shape index (κ3) is 5.08. The number of nitrogens with one attached hydrogen (secondary N) is 1. The summed E-state index contributed by atoms with van der Waals surface area (Å²) in [7, 11) is -2.46. The molecule has 144 valence electrons. The number of carbonyl (C=O) groups is 1. The highest BCUT2D eigenvalue weighted by Crippen LogP contribution is 2.39. The van der Waals surface area contributed by atoms with E-state index in [1.54, 1.807) is 12.1 Å². The van der Waals surface area contributed by atoms with E-state index in [2.05, 4.69) is 14.6 Å². The van der Waals surface area contributed by atoms with Crippen molar-refractivity contribution < 1.29 is 41.8 Å². The molecule has 2 aromatic carbocycles. The van der Waals surface area contributed by atoms with Crippen molar-refractivity contribution in [1.82, 2.24) is 0 Å². The molecule has 1 heterocycles. The number of ether oxygens (including phenoxy) is 2. The molecule has 0 aliphatic carbocycles. The Balaban J connectivity index is 1.82. The Hall–Kier alpha value is -2.39. The van der Waals surface area contributed by atoms with Crippen LogP contribution < -0.4 is 14.8 Å². The summed E-state index contributed by atoms with van der Waals surface area (Å²) in [6.45, 7) is 0.0400. The number of anilines is 1. The van der Waals surface area contributed by atoms with Crippen molar-refractivity contribution in [2.45, 2.75) is 12.8 Å². The van der Waals surface area contributed by atoms with Crippen LogP contribution in [-0.2, 0) is 10.9 Å². The zero-order valence-electron chi connectivity index (χ0n) is 13.5. The number of halogens is 3. The second kappa shape index (κ2) is 7.69. The maximum Gasteiger partial charge on any atom is 0.573 e. The lowest BCUT2D eigenvalue weighted by Gasteiger charge is -2.12. The summed E-state index contributed by atoms with van der Waals surface area (Å²) in [4.78, 5) is 29.9. The molecule has 0 unspecified atom stereocenters. The standard InChI is InChI=1S/C16H13F3NO6P/c17-16(18,19)26-10-2-4-14-12(8-10)20-15(21)11-7-9(1-3-13(11)25-14)5-6-24-27(22)23/h1-4,7-8,22-23H,5-6H2,(H,20,21). The van der Waals surface area contributed by atoms with Crippen molar-refractivity contribution in [2.24, 2.45) is 0 Å². The normalized spacial score (nSPS) is 13.3. The Labute approximate surface area is 152 Å². The summed E-state index contributed by atoms with van der Waals surface area (Å²) in [6.07, 6.45) is -4.54. The van der Waals surface area contributed by atoms with Crippen LogP contribution in [0, 0.1) is 0 Å². The molecule has 3 rings (SSSR count). The lowest BCUT2D eigenvalue weighted by atomic mass is 10.1. The summed E-state index contributed by atoms with van der Waals surface area (Å²) < 4.78 is 51.2. The summed E-state index contributed by atoms with van der Waals surface area (Å²) in [6, 6.07) is 8.10. The quantitative estimate of drug-likeness (QED) is 0.659. The second-order valence-electron chi connectivity index (χ2n) is 5.43. The second-order valence-corrected chi connectivity index (χ2v) is 6.19. The highest BCUT2D eigenvalue weighted by Gasteiger charge is 2.32. The van der Waals surface area contributed by atoms with E-state index in [1.165, 1.54) is 12.1 Å². The van der Waals surface area contributed by atoms with Gasteiger partial charge in [-0.25, -0.2) is 0 Å². The van der Waals surface area contributed by atoms with Gasteiger partial charge in [-0.05, 0) is 36.2 Å². The molecule has 0 fully saturated rings. The predicted octanol–water partition coefficient (Wildman–Crippen LogP) is 3.71. The molecular weight excluding hydrogens is 390 g/mol. The SMILES string of the molecule is O=C1Nc2cc(OC(F)(F)F)ccc2Oc2ccc(CCOP(O)O)cc21. The summed E-state index contributed by atoms with van der Waals surface area (Å²) in [5.74, 6) is -0.661. The zero-order valence-corrected chi connectivity index (χ0v) is 14.4. The zero-order chi connectivity index (χ0) is 19.6. The number of hydrogen-bond acceptors (Lipinski definition) is 6. The molecule has 2 aromatic rings. The fourth-order valence-electron chi connectivity index (χ4n) is 2.45. The van der Waals surface area contributed by atoms with E-state index < -0.39 is 26.6 Å². The maximum absolute atomic E-state index is 12.4. The highest BCUT2D eigenvalue weighted by molar-refractivity contribution is 7.39. The first kappa shape index (κ1) is 19.4. The Morgan fingerprint density at radius 1 is 1.11 bits per heavy atom. The largest absolute Gasteiger partial charge is 0.573 e. The fraction of sp³-hybridized carbons (Fsp3) is 0.188. The molecule has 1 aliphatic heterocycles. The van der Waals surface area contributed by atoms with E-state index in [1.807, 2.05) is 0 Å².